The summed E-state index contributed by atoms with van der Waals surface area (Å²) in [7, 11) is 0. The van der Waals surface area contributed by atoms with Crippen LogP contribution in [0, 0.1) is 0 Å². The number of rotatable bonds is 7. The average Bonchev–Trinajstić information content (AvgIpc) is 2.61. The first-order chi connectivity index (χ1) is 11.2. The van der Waals surface area contributed by atoms with E-state index < -0.39 is 0 Å². The Balaban J connectivity index is 2.00. The van der Waals surface area contributed by atoms with Gasteiger partial charge in [0.2, 0.25) is 5.95 Å². The van der Waals surface area contributed by atoms with Crippen molar-refractivity contribution in [1.82, 2.24) is 19.8 Å². The van der Waals surface area contributed by atoms with Gasteiger partial charge in [-0.3, -0.25) is 4.79 Å². The number of piperazine rings is 1. The highest BCUT2D eigenvalue weighted by atomic mass is 16.2. The van der Waals surface area contributed by atoms with E-state index in [-0.39, 0.29) is 5.91 Å². The molecule has 1 saturated heterocycles. The van der Waals surface area contributed by atoms with Gasteiger partial charge in [0, 0.05) is 51.7 Å². The Morgan fingerprint density at radius 2 is 1.61 bits per heavy atom. The molecule has 2 heterocycles. The molecule has 1 aromatic rings. The number of carbonyl (C=O) groups excluding carboxylic acids is 1. The van der Waals surface area contributed by atoms with Crippen LogP contribution in [0.4, 0.5) is 5.95 Å². The monoisotopic (exact) mass is 319 g/mol. The van der Waals surface area contributed by atoms with Crippen LogP contribution in [-0.2, 0) is 0 Å². The van der Waals surface area contributed by atoms with Gasteiger partial charge in [-0.05, 0) is 19.4 Å². The molecule has 1 aliphatic heterocycles. The molecule has 2 rings (SSSR count). The second-order valence-corrected chi connectivity index (χ2v) is 5.99. The molecule has 1 fully saturated rings. The molecule has 0 aliphatic carbocycles. The first-order valence-electron chi connectivity index (χ1n) is 8.78. The fourth-order valence-electron chi connectivity index (χ4n) is 2.90. The van der Waals surface area contributed by atoms with E-state index in [4.69, 9.17) is 0 Å². The number of aromatic nitrogens is 2. The number of hydrogen-bond acceptors (Lipinski definition) is 5. The minimum atomic E-state index is 0.0380. The fraction of sp³-hybridized carbons (Fsp3) is 0.706. The van der Waals surface area contributed by atoms with E-state index in [9.17, 15) is 4.79 Å². The van der Waals surface area contributed by atoms with Crippen LogP contribution in [0.3, 0.4) is 0 Å². The Morgan fingerprint density at radius 1 is 1.04 bits per heavy atom. The number of hydrogen-bond donors (Lipinski definition) is 0. The van der Waals surface area contributed by atoms with E-state index in [0.717, 1.165) is 64.6 Å². The summed E-state index contributed by atoms with van der Waals surface area (Å²) < 4.78 is 0. The minimum Gasteiger partial charge on any atom is -0.339 e. The predicted octanol–water partition coefficient (Wildman–Crippen LogP) is 1.88. The van der Waals surface area contributed by atoms with Crippen molar-refractivity contribution in [2.45, 2.75) is 33.6 Å². The lowest BCUT2D eigenvalue weighted by atomic mass is 10.2. The molecule has 0 bridgehead atoms. The number of carbonyl (C=O) groups is 1. The second-order valence-electron chi connectivity index (χ2n) is 5.99. The topological polar surface area (TPSA) is 52.6 Å². The summed E-state index contributed by atoms with van der Waals surface area (Å²) in [5.74, 6) is 0.769. The van der Waals surface area contributed by atoms with Crippen molar-refractivity contribution in [1.29, 1.82) is 0 Å². The van der Waals surface area contributed by atoms with E-state index in [1.807, 2.05) is 4.90 Å². The molecule has 1 amide bonds. The van der Waals surface area contributed by atoms with Crippen molar-refractivity contribution < 1.29 is 4.79 Å². The third-order valence-electron chi connectivity index (χ3n) is 4.26. The van der Waals surface area contributed by atoms with Crippen LogP contribution in [-0.4, -0.2) is 71.5 Å². The maximum absolute atomic E-state index is 12.5. The molecule has 23 heavy (non-hydrogen) atoms. The lowest BCUT2D eigenvalue weighted by Crippen LogP contribution is -2.46. The van der Waals surface area contributed by atoms with Gasteiger partial charge in [0.1, 0.15) is 0 Å². The largest absolute Gasteiger partial charge is 0.339 e. The molecule has 0 saturated carbocycles. The standard InChI is InChI=1S/C17H29N5O/c1-4-7-21(8-5-2)16(23)15-13-18-17(19-14-15)22-11-9-20(6-3)10-12-22/h13-14H,4-12H2,1-3H3. The molecule has 0 unspecified atom stereocenters. The van der Waals surface area contributed by atoms with Crippen LogP contribution in [0.5, 0.6) is 0 Å². The molecule has 0 atom stereocenters. The zero-order valence-corrected chi connectivity index (χ0v) is 14.7. The summed E-state index contributed by atoms with van der Waals surface area (Å²) in [6.07, 6.45) is 5.28. The Kier molecular flexibility index (Phi) is 6.77. The molecule has 6 heteroatoms. The summed E-state index contributed by atoms with van der Waals surface area (Å²) in [5.41, 5.74) is 0.586. The Bertz CT molecular complexity index is 476. The highest BCUT2D eigenvalue weighted by Gasteiger charge is 2.19. The van der Waals surface area contributed by atoms with E-state index in [0.29, 0.717) is 5.56 Å². The molecule has 6 nitrogen and oxygen atoms in total. The van der Waals surface area contributed by atoms with E-state index in [1.165, 1.54) is 0 Å². The quantitative estimate of drug-likeness (QED) is 0.768. The van der Waals surface area contributed by atoms with Crippen molar-refractivity contribution in [2.24, 2.45) is 0 Å². The normalized spacial score (nSPS) is 15.7. The molecular formula is C17H29N5O. The molecule has 1 aliphatic rings. The van der Waals surface area contributed by atoms with E-state index in [2.05, 4.69) is 40.5 Å². The molecule has 0 spiro atoms. The smallest absolute Gasteiger partial charge is 0.256 e. The maximum atomic E-state index is 12.5. The van der Waals surface area contributed by atoms with Crippen LogP contribution < -0.4 is 4.90 Å². The minimum absolute atomic E-state index is 0.0380. The van der Waals surface area contributed by atoms with Crippen molar-refractivity contribution >= 4 is 11.9 Å². The Hall–Kier alpha value is -1.69. The van der Waals surface area contributed by atoms with Gasteiger partial charge in [0.05, 0.1) is 5.56 Å². The van der Waals surface area contributed by atoms with Gasteiger partial charge in [-0.1, -0.05) is 20.8 Å². The maximum Gasteiger partial charge on any atom is 0.256 e. The van der Waals surface area contributed by atoms with Gasteiger partial charge >= 0.3 is 0 Å². The number of anilines is 1. The number of amides is 1. The van der Waals surface area contributed by atoms with Gasteiger partial charge in [0.25, 0.3) is 5.91 Å². The van der Waals surface area contributed by atoms with Gasteiger partial charge < -0.3 is 14.7 Å². The zero-order chi connectivity index (χ0) is 16.7. The Morgan fingerprint density at radius 3 is 2.09 bits per heavy atom. The number of nitrogens with zero attached hydrogens (tertiary/aromatic N) is 5. The van der Waals surface area contributed by atoms with Crippen molar-refractivity contribution in [3.05, 3.63) is 18.0 Å². The lowest BCUT2D eigenvalue weighted by molar-refractivity contribution is 0.0754. The van der Waals surface area contributed by atoms with Crippen LogP contribution in [0.15, 0.2) is 12.4 Å². The molecule has 0 N–H and O–H groups in total. The second kappa shape index (κ2) is 8.82. The van der Waals surface area contributed by atoms with Gasteiger partial charge in [-0.25, -0.2) is 9.97 Å². The van der Waals surface area contributed by atoms with Crippen molar-refractivity contribution in [3.8, 4) is 0 Å². The predicted molar refractivity (Wildman–Crippen MR) is 92.8 cm³/mol. The summed E-state index contributed by atoms with van der Waals surface area (Å²) in [4.78, 5) is 27.9. The van der Waals surface area contributed by atoms with E-state index >= 15 is 0 Å². The van der Waals surface area contributed by atoms with Crippen LogP contribution in [0.1, 0.15) is 44.0 Å². The molecule has 0 aromatic carbocycles. The zero-order valence-electron chi connectivity index (χ0n) is 14.7. The van der Waals surface area contributed by atoms with Crippen LogP contribution in [0.2, 0.25) is 0 Å². The summed E-state index contributed by atoms with van der Waals surface area (Å²) >= 11 is 0. The Labute approximate surface area is 139 Å². The molecule has 128 valence electrons. The van der Waals surface area contributed by atoms with Gasteiger partial charge in [0.15, 0.2) is 0 Å². The summed E-state index contributed by atoms with van der Waals surface area (Å²) in [6, 6.07) is 0. The number of likely N-dealkylation sites (N-methyl/N-ethyl adjacent to an activating group) is 1. The van der Waals surface area contributed by atoms with Crippen LogP contribution >= 0.6 is 0 Å². The molecular weight excluding hydrogens is 290 g/mol. The SMILES string of the molecule is CCCN(CCC)C(=O)c1cnc(N2CCN(CC)CC2)nc1. The van der Waals surface area contributed by atoms with Gasteiger partial charge in [-0.15, -0.1) is 0 Å². The molecule has 1 aromatic heterocycles. The highest BCUT2D eigenvalue weighted by Crippen LogP contribution is 2.12. The van der Waals surface area contributed by atoms with Crippen molar-refractivity contribution in [3.63, 3.8) is 0 Å². The first kappa shape index (κ1) is 17.7. The third-order valence-corrected chi connectivity index (χ3v) is 4.26. The first-order valence-corrected chi connectivity index (χ1v) is 8.78. The lowest BCUT2D eigenvalue weighted by Gasteiger charge is -2.34. The highest BCUT2D eigenvalue weighted by molar-refractivity contribution is 5.93. The van der Waals surface area contributed by atoms with Gasteiger partial charge in [-0.2, -0.15) is 0 Å². The summed E-state index contributed by atoms with van der Waals surface area (Å²) in [6.45, 7) is 13.0. The van der Waals surface area contributed by atoms with E-state index in [1.54, 1.807) is 12.4 Å². The average molecular weight is 319 g/mol. The summed E-state index contributed by atoms with van der Waals surface area (Å²) in [5, 5.41) is 0. The molecule has 0 radical (unpaired) electrons. The van der Waals surface area contributed by atoms with Crippen LogP contribution in [0.25, 0.3) is 0 Å². The van der Waals surface area contributed by atoms with Crippen molar-refractivity contribution in [2.75, 3.05) is 50.7 Å². The third kappa shape index (κ3) is 4.64. The fourth-order valence-corrected chi connectivity index (χ4v) is 2.90.